The van der Waals surface area contributed by atoms with E-state index in [9.17, 15) is 14.4 Å². The van der Waals surface area contributed by atoms with Gasteiger partial charge in [0.2, 0.25) is 0 Å². The number of hydrogen-bond acceptors (Lipinski definition) is 6. The van der Waals surface area contributed by atoms with Gasteiger partial charge in [0.25, 0.3) is 0 Å². The lowest BCUT2D eigenvalue weighted by atomic mass is 10.0. The third kappa shape index (κ3) is 58.4. The van der Waals surface area contributed by atoms with Crippen molar-refractivity contribution in [3.63, 3.8) is 0 Å². The fourth-order valence-electron chi connectivity index (χ4n) is 9.35. The molecule has 0 saturated heterocycles. The average molecular weight is 998 g/mol. The van der Waals surface area contributed by atoms with Gasteiger partial charge in [-0.3, -0.25) is 14.4 Å². The molecule has 71 heavy (non-hydrogen) atoms. The number of carbonyl (C=O) groups is 3. The molecule has 0 spiro atoms. The number of esters is 3. The molecule has 0 radical (unpaired) electrons. The summed E-state index contributed by atoms with van der Waals surface area (Å²) < 4.78 is 16.9. The summed E-state index contributed by atoms with van der Waals surface area (Å²) in [6.45, 7) is 6.66. The number of allylic oxidation sites excluding steroid dienone is 6. The van der Waals surface area contributed by atoms with Crippen LogP contribution < -0.4 is 0 Å². The van der Waals surface area contributed by atoms with Crippen molar-refractivity contribution in [3.05, 3.63) is 36.5 Å². The second kappa shape index (κ2) is 60.2. The Hall–Kier alpha value is -2.37. The van der Waals surface area contributed by atoms with Crippen LogP contribution in [0, 0.1) is 0 Å². The molecule has 6 heteroatoms. The molecule has 0 saturated carbocycles. The van der Waals surface area contributed by atoms with Gasteiger partial charge in [0, 0.05) is 19.3 Å². The summed E-state index contributed by atoms with van der Waals surface area (Å²) >= 11 is 0. The molecule has 0 aliphatic rings. The Morgan fingerprint density at radius 2 is 0.507 bits per heavy atom. The van der Waals surface area contributed by atoms with Crippen molar-refractivity contribution in [2.75, 3.05) is 13.2 Å². The van der Waals surface area contributed by atoms with E-state index in [1.807, 2.05) is 0 Å². The van der Waals surface area contributed by atoms with Gasteiger partial charge < -0.3 is 14.2 Å². The summed E-state index contributed by atoms with van der Waals surface area (Å²) in [7, 11) is 0. The van der Waals surface area contributed by atoms with E-state index in [2.05, 4.69) is 57.2 Å². The van der Waals surface area contributed by atoms with Crippen LogP contribution in [0.1, 0.15) is 342 Å². The van der Waals surface area contributed by atoms with Crippen LogP contribution in [0.5, 0.6) is 0 Å². The lowest BCUT2D eigenvalue weighted by molar-refractivity contribution is -0.167. The second-order valence-electron chi connectivity index (χ2n) is 21.3. The fraction of sp³-hybridized carbons (Fsp3) is 0.862. The summed E-state index contributed by atoms with van der Waals surface area (Å²) in [4.78, 5) is 38.3. The minimum atomic E-state index is -0.774. The number of unbranched alkanes of at least 4 members (excludes halogenated alkanes) is 41. The summed E-state index contributed by atoms with van der Waals surface area (Å²) in [6.07, 6.45) is 72.8. The molecule has 0 aliphatic carbocycles. The molecule has 0 rings (SSSR count). The monoisotopic (exact) mass is 997 g/mol. The molecule has 0 bridgehead atoms. The van der Waals surface area contributed by atoms with Crippen molar-refractivity contribution in [3.8, 4) is 0 Å². The Labute approximate surface area is 442 Å². The molecule has 0 aliphatic heterocycles. The molecule has 0 amide bonds. The van der Waals surface area contributed by atoms with Crippen LogP contribution in [0.3, 0.4) is 0 Å². The van der Waals surface area contributed by atoms with Gasteiger partial charge in [-0.05, 0) is 77.0 Å². The van der Waals surface area contributed by atoms with Gasteiger partial charge >= 0.3 is 17.9 Å². The van der Waals surface area contributed by atoms with Crippen molar-refractivity contribution in [2.45, 2.75) is 348 Å². The molecule has 0 heterocycles. The minimum absolute atomic E-state index is 0.0709. The maximum atomic E-state index is 12.9. The smallest absolute Gasteiger partial charge is 0.306 e. The Bertz CT molecular complexity index is 1190. The predicted molar refractivity (Wildman–Crippen MR) is 307 cm³/mol. The number of rotatable bonds is 58. The summed E-state index contributed by atoms with van der Waals surface area (Å²) in [5, 5.41) is 0. The van der Waals surface area contributed by atoms with Gasteiger partial charge in [0.1, 0.15) is 13.2 Å². The van der Waals surface area contributed by atoms with Crippen molar-refractivity contribution >= 4 is 17.9 Å². The molecular weight excluding hydrogens is 877 g/mol. The maximum Gasteiger partial charge on any atom is 0.306 e. The SMILES string of the molecule is CCCCC/C=C\C/C=C\CCCCCCCCCCCC(=O)O[C@H](COC(=O)CCCCCCCCC/C=C\CCCCCCCC)COC(=O)CCCCCCCCCCCCCCCCCCC. The first-order valence-corrected chi connectivity index (χ1v) is 31.5. The molecule has 0 aromatic heterocycles. The van der Waals surface area contributed by atoms with E-state index in [0.717, 1.165) is 64.2 Å². The molecule has 0 aromatic carbocycles. The summed E-state index contributed by atoms with van der Waals surface area (Å²) in [5.41, 5.74) is 0. The third-order valence-corrected chi connectivity index (χ3v) is 14.1. The van der Waals surface area contributed by atoms with E-state index in [0.29, 0.717) is 19.3 Å². The highest BCUT2D eigenvalue weighted by molar-refractivity contribution is 5.71. The summed E-state index contributed by atoms with van der Waals surface area (Å²) in [5.74, 6) is -0.856. The Kier molecular flexibility index (Phi) is 58.2. The molecule has 0 aromatic rings. The van der Waals surface area contributed by atoms with Crippen molar-refractivity contribution in [1.82, 2.24) is 0 Å². The van der Waals surface area contributed by atoms with E-state index in [4.69, 9.17) is 14.2 Å². The van der Waals surface area contributed by atoms with Crippen LogP contribution in [0.2, 0.25) is 0 Å². The van der Waals surface area contributed by atoms with E-state index >= 15 is 0 Å². The minimum Gasteiger partial charge on any atom is -0.462 e. The topological polar surface area (TPSA) is 78.9 Å². The van der Waals surface area contributed by atoms with Crippen molar-refractivity contribution in [2.24, 2.45) is 0 Å². The van der Waals surface area contributed by atoms with Crippen LogP contribution in [0.25, 0.3) is 0 Å². The van der Waals surface area contributed by atoms with Gasteiger partial charge in [-0.1, -0.05) is 282 Å². The molecule has 1 atom stereocenters. The van der Waals surface area contributed by atoms with Gasteiger partial charge in [0.15, 0.2) is 6.10 Å². The van der Waals surface area contributed by atoms with Crippen LogP contribution in [0.4, 0.5) is 0 Å². The van der Waals surface area contributed by atoms with Crippen LogP contribution in [0.15, 0.2) is 36.5 Å². The van der Waals surface area contributed by atoms with E-state index in [-0.39, 0.29) is 31.1 Å². The third-order valence-electron chi connectivity index (χ3n) is 14.1. The quantitative estimate of drug-likeness (QED) is 0.0261. The second-order valence-corrected chi connectivity index (χ2v) is 21.3. The fourth-order valence-corrected chi connectivity index (χ4v) is 9.35. The highest BCUT2D eigenvalue weighted by atomic mass is 16.6. The first-order chi connectivity index (χ1) is 35.0. The van der Waals surface area contributed by atoms with Gasteiger partial charge in [-0.15, -0.1) is 0 Å². The number of ether oxygens (including phenoxy) is 3. The molecule has 6 nitrogen and oxygen atoms in total. The lowest BCUT2D eigenvalue weighted by Crippen LogP contribution is -2.30. The lowest BCUT2D eigenvalue weighted by Gasteiger charge is -2.18. The van der Waals surface area contributed by atoms with E-state index in [1.54, 1.807) is 0 Å². The van der Waals surface area contributed by atoms with E-state index < -0.39 is 6.10 Å². The number of hydrogen-bond donors (Lipinski definition) is 0. The highest BCUT2D eigenvalue weighted by Gasteiger charge is 2.19. The maximum absolute atomic E-state index is 12.9. The van der Waals surface area contributed by atoms with Crippen molar-refractivity contribution < 1.29 is 28.6 Å². The Morgan fingerprint density at radius 1 is 0.282 bits per heavy atom. The molecule has 0 fully saturated rings. The normalized spacial score (nSPS) is 12.2. The van der Waals surface area contributed by atoms with E-state index in [1.165, 1.54) is 238 Å². The first-order valence-electron chi connectivity index (χ1n) is 31.5. The van der Waals surface area contributed by atoms with Crippen LogP contribution in [-0.4, -0.2) is 37.2 Å². The zero-order valence-corrected chi connectivity index (χ0v) is 47.8. The van der Waals surface area contributed by atoms with Gasteiger partial charge in [-0.25, -0.2) is 0 Å². The first kappa shape index (κ1) is 68.6. The summed E-state index contributed by atoms with van der Waals surface area (Å²) in [6, 6.07) is 0. The largest absolute Gasteiger partial charge is 0.462 e. The van der Waals surface area contributed by atoms with Crippen LogP contribution in [-0.2, 0) is 28.6 Å². The van der Waals surface area contributed by atoms with Gasteiger partial charge in [0.05, 0.1) is 0 Å². The predicted octanol–water partition coefficient (Wildman–Crippen LogP) is 21.2. The number of carbonyl (C=O) groups excluding carboxylic acids is 3. The van der Waals surface area contributed by atoms with Crippen LogP contribution >= 0.6 is 0 Å². The molecular formula is C65H120O6. The van der Waals surface area contributed by atoms with Crippen molar-refractivity contribution in [1.29, 1.82) is 0 Å². The zero-order valence-electron chi connectivity index (χ0n) is 47.8. The Morgan fingerprint density at radius 3 is 0.817 bits per heavy atom. The zero-order chi connectivity index (χ0) is 51.4. The standard InChI is InChI=1S/C65H120O6/c1-4-7-10-13-16-19-22-25-28-31-32-35-38-41-44-47-50-53-56-59-65(68)71-62(60-69-63(66)57-54-51-48-45-42-39-36-33-29-26-23-20-17-14-11-8-5-2)61-70-64(67)58-55-52-49-46-43-40-37-34-30-27-24-21-18-15-12-9-6-3/h16,19,25-26,28-29,62H,4-15,17-18,20-24,27,30-61H2,1-3H3/b19-16-,28-25-,29-26-/t62-/m1/s1. The molecule has 416 valence electrons. The molecule has 0 N–H and O–H groups in total. The average Bonchev–Trinajstić information content (AvgIpc) is 3.37. The Balaban J connectivity index is 4.35. The highest BCUT2D eigenvalue weighted by Crippen LogP contribution is 2.17. The van der Waals surface area contributed by atoms with Gasteiger partial charge in [-0.2, -0.15) is 0 Å². The molecule has 0 unspecified atom stereocenters.